The van der Waals surface area contributed by atoms with Crippen LogP contribution in [0.1, 0.15) is 43.9 Å². The van der Waals surface area contributed by atoms with E-state index in [0.717, 1.165) is 54.9 Å². The summed E-state index contributed by atoms with van der Waals surface area (Å²) in [6.07, 6.45) is 1.58. The van der Waals surface area contributed by atoms with Crippen molar-refractivity contribution in [3.05, 3.63) is 53.3 Å². The van der Waals surface area contributed by atoms with Crippen molar-refractivity contribution in [3.63, 3.8) is 0 Å². The monoisotopic (exact) mass is 437 g/mol. The van der Waals surface area contributed by atoms with Gasteiger partial charge in [-0.25, -0.2) is 4.39 Å². The molecule has 3 heterocycles. The first kappa shape index (κ1) is 21.3. The van der Waals surface area contributed by atoms with Gasteiger partial charge in [0.15, 0.2) is 0 Å². The molecule has 6 heteroatoms. The Labute approximate surface area is 188 Å². The third-order valence-corrected chi connectivity index (χ3v) is 7.78. The number of amides is 1. The van der Waals surface area contributed by atoms with E-state index in [0.29, 0.717) is 17.9 Å². The van der Waals surface area contributed by atoms with Crippen molar-refractivity contribution in [1.82, 2.24) is 9.80 Å². The smallest absolute Gasteiger partial charge is 0.137 e. The number of carbonyl (C=O) groups excluding carboxylic acids is 1. The number of nitrogens with zero attached hydrogens (tertiary/aromatic N) is 2. The molecule has 3 aliphatic heterocycles. The molecule has 0 unspecified atom stereocenters. The molecule has 0 saturated carbocycles. The number of benzene rings is 2. The number of ether oxygens (including phenoxy) is 1. The summed E-state index contributed by atoms with van der Waals surface area (Å²) in [4.78, 5) is 16.4. The molecule has 5 nitrogen and oxygen atoms in total. The van der Waals surface area contributed by atoms with Gasteiger partial charge >= 0.3 is 0 Å². The Bertz CT molecular complexity index is 1030. The van der Waals surface area contributed by atoms with Gasteiger partial charge < -0.3 is 24.4 Å². The molecule has 0 radical (unpaired) electrons. The molecule has 6 rings (SSSR count). The molecule has 32 heavy (non-hydrogen) atoms. The zero-order valence-corrected chi connectivity index (χ0v) is 18.9. The van der Waals surface area contributed by atoms with Crippen LogP contribution in [-0.2, 0) is 6.42 Å². The van der Waals surface area contributed by atoms with E-state index in [1.54, 1.807) is 18.1 Å². The minimum atomic E-state index is -1.14. The lowest BCUT2D eigenvalue weighted by Gasteiger charge is -2.53. The number of hydrogen-bond donors (Lipinski definition) is 0. The Morgan fingerprint density at radius 2 is 1.88 bits per heavy atom. The van der Waals surface area contributed by atoms with Crippen LogP contribution in [0.15, 0.2) is 36.4 Å². The summed E-state index contributed by atoms with van der Waals surface area (Å²) in [5.41, 5.74) is 2.76. The molecule has 1 aliphatic carbocycles. The molecule has 2 aromatic rings. The first-order chi connectivity index (χ1) is 15.3. The average Bonchev–Trinajstić information content (AvgIpc) is 3.03. The lowest BCUT2D eigenvalue weighted by atomic mass is 9.79. The third-order valence-electron chi connectivity index (χ3n) is 7.78. The normalized spacial score (nSPS) is 27.8. The highest BCUT2D eigenvalue weighted by molar-refractivity contribution is 5.69. The molecular formula is C26H30FN2O3-. The van der Waals surface area contributed by atoms with Gasteiger partial charge in [-0.1, -0.05) is 26.0 Å². The Kier molecular flexibility index (Phi) is 5.16. The van der Waals surface area contributed by atoms with Crippen LogP contribution < -0.4 is 9.84 Å². The highest BCUT2D eigenvalue weighted by Crippen LogP contribution is 2.52. The van der Waals surface area contributed by atoms with Crippen molar-refractivity contribution in [2.75, 3.05) is 26.7 Å². The zero-order valence-electron chi connectivity index (χ0n) is 18.9. The van der Waals surface area contributed by atoms with Crippen molar-refractivity contribution >= 4 is 6.09 Å². The van der Waals surface area contributed by atoms with Crippen molar-refractivity contribution < 1.29 is 19.0 Å². The molecule has 3 saturated heterocycles. The fourth-order valence-corrected chi connectivity index (χ4v) is 6.25. The summed E-state index contributed by atoms with van der Waals surface area (Å²) in [6.45, 7) is 6.98. The second kappa shape index (κ2) is 7.77. The number of halogens is 1. The van der Waals surface area contributed by atoms with Gasteiger partial charge in [0.1, 0.15) is 17.7 Å². The van der Waals surface area contributed by atoms with E-state index in [1.807, 2.05) is 30.3 Å². The predicted molar refractivity (Wildman–Crippen MR) is 119 cm³/mol. The van der Waals surface area contributed by atoms with Crippen LogP contribution >= 0.6 is 0 Å². The minimum Gasteiger partial charge on any atom is -0.530 e. The zero-order chi connectivity index (χ0) is 22.6. The molecule has 2 aromatic carbocycles. The second-order valence-electron chi connectivity index (χ2n) is 10.2. The number of carbonyl (C=O) groups is 1. The largest absolute Gasteiger partial charge is 0.530 e. The van der Waals surface area contributed by atoms with Crippen LogP contribution in [0.25, 0.3) is 11.1 Å². The van der Waals surface area contributed by atoms with Gasteiger partial charge in [-0.15, -0.1) is 0 Å². The van der Waals surface area contributed by atoms with E-state index in [-0.39, 0.29) is 17.3 Å². The second-order valence-corrected chi connectivity index (χ2v) is 10.2. The summed E-state index contributed by atoms with van der Waals surface area (Å²) in [5.74, 6) is 0.739. The van der Waals surface area contributed by atoms with Crippen molar-refractivity contribution in [2.24, 2.45) is 11.3 Å². The maximum atomic E-state index is 15.4. The molecule has 0 N–H and O–H groups in total. The summed E-state index contributed by atoms with van der Waals surface area (Å²) in [7, 11) is 1.60. The highest BCUT2D eigenvalue weighted by atomic mass is 19.1. The minimum absolute atomic E-state index is 0.0953. The maximum absolute atomic E-state index is 15.4. The van der Waals surface area contributed by atoms with E-state index >= 15 is 4.39 Å². The Morgan fingerprint density at radius 1 is 1.19 bits per heavy atom. The summed E-state index contributed by atoms with van der Waals surface area (Å²) in [6, 6.07) is 10.3. The fourth-order valence-electron chi connectivity index (χ4n) is 6.25. The van der Waals surface area contributed by atoms with Crippen LogP contribution in [0.3, 0.4) is 0 Å². The quantitative estimate of drug-likeness (QED) is 0.729. The van der Waals surface area contributed by atoms with Gasteiger partial charge in [0.05, 0.1) is 13.2 Å². The van der Waals surface area contributed by atoms with Crippen LogP contribution in [0.5, 0.6) is 5.75 Å². The van der Waals surface area contributed by atoms with E-state index in [4.69, 9.17) is 4.74 Å². The number of hydrogen-bond acceptors (Lipinski definition) is 4. The summed E-state index contributed by atoms with van der Waals surface area (Å²) in [5, 5.41) is 12.5. The first-order valence-electron chi connectivity index (χ1n) is 11.5. The third kappa shape index (κ3) is 3.45. The van der Waals surface area contributed by atoms with Crippen LogP contribution in [0, 0.1) is 17.2 Å². The van der Waals surface area contributed by atoms with Gasteiger partial charge in [-0.05, 0) is 84.6 Å². The topological polar surface area (TPSA) is 55.8 Å². The van der Waals surface area contributed by atoms with Gasteiger partial charge in [-0.2, -0.15) is 0 Å². The Balaban J connectivity index is 1.55. The number of methoxy groups -OCH3 is 1. The first-order valence-corrected chi connectivity index (χ1v) is 11.5. The standard InChI is InChI=1S/C26H31FN2O3/c1-26(2)14-18-12-20(16-4-6-19(32-3)7-5-16)22(27)13-21(18)24(26)29(25(30)31)23-15-28-10-8-17(23)9-11-28/h4-7,12-13,17,23-24H,8-11,14-15H2,1-3H3,(H,30,31)/p-1/t23-,24+/m1/s1. The van der Waals surface area contributed by atoms with Crippen molar-refractivity contribution in [3.8, 4) is 16.9 Å². The molecule has 0 aromatic heterocycles. The molecule has 3 fully saturated rings. The Hall–Kier alpha value is -2.60. The molecule has 4 aliphatic rings. The van der Waals surface area contributed by atoms with Gasteiger partial charge in [0.25, 0.3) is 0 Å². The maximum Gasteiger partial charge on any atom is 0.137 e. The molecule has 1 amide bonds. The Morgan fingerprint density at radius 3 is 2.44 bits per heavy atom. The van der Waals surface area contributed by atoms with Crippen molar-refractivity contribution in [1.29, 1.82) is 0 Å². The van der Waals surface area contributed by atoms with E-state index < -0.39 is 12.1 Å². The van der Waals surface area contributed by atoms with E-state index in [1.165, 1.54) is 0 Å². The van der Waals surface area contributed by atoms with E-state index in [2.05, 4.69) is 18.7 Å². The lowest BCUT2D eigenvalue weighted by Crippen LogP contribution is -2.62. The number of piperidine rings is 3. The molecule has 170 valence electrons. The predicted octanol–water partition coefficient (Wildman–Crippen LogP) is 3.86. The molecule has 0 spiro atoms. The molecule has 2 bridgehead atoms. The SMILES string of the molecule is COc1ccc(-c2cc3c(cc2F)[C@H](N(C(=O)[O-])[C@@H]2CN4CCC2CC4)C(C)(C)C3)cc1. The molecule has 2 atom stereocenters. The van der Waals surface area contributed by atoms with Gasteiger partial charge in [0, 0.05) is 18.2 Å². The summed E-state index contributed by atoms with van der Waals surface area (Å²) >= 11 is 0. The average molecular weight is 438 g/mol. The van der Waals surface area contributed by atoms with Crippen LogP contribution in [0.4, 0.5) is 9.18 Å². The lowest BCUT2D eigenvalue weighted by molar-refractivity contribution is -0.276. The number of carboxylic acid groups (broad SMARTS) is 1. The fraction of sp³-hybridized carbons (Fsp3) is 0.500. The summed E-state index contributed by atoms with van der Waals surface area (Å²) < 4.78 is 20.6. The van der Waals surface area contributed by atoms with Crippen LogP contribution in [-0.4, -0.2) is 48.7 Å². The number of fused-ring (bicyclic) bond motifs is 4. The van der Waals surface area contributed by atoms with Crippen LogP contribution in [0.2, 0.25) is 0 Å². The molecular weight excluding hydrogens is 407 g/mol. The van der Waals surface area contributed by atoms with Gasteiger partial charge in [0.2, 0.25) is 0 Å². The number of rotatable bonds is 4. The van der Waals surface area contributed by atoms with Crippen molar-refractivity contribution in [2.45, 2.75) is 45.2 Å². The highest BCUT2D eigenvalue weighted by Gasteiger charge is 2.48. The van der Waals surface area contributed by atoms with Gasteiger partial charge in [-0.3, -0.25) is 0 Å². The van der Waals surface area contributed by atoms with E-state index in [9.17, 15) is 9.90 Å².